The maximum absolute atomic E-state index is 13.0. The largest absolute Gasteiger partial charge is 0.399 e. The smallest absolute Gasteiger partial charge is 0.261 e. The van der Waals surface area contributed by atoms with Crippen LogP contribution < -0.4 is 11.1 Å². The lowest BCUT2D eigenvalue weighted by molar-refractivity contribution is 0.0772. The highest BCUT2D eigenvalue weighted by Gasteiger charge is 2.26. The fraction of sp³-hybridized carbons (Fsp3) is 0.360. The number of thiophene rings is 1. The second kappa shape index (κ2) is 9.52. The molecule has 2 amide bonds. The normalized spacial score (nSPS) is 21.3. The van der Waals surface area contributed by atoms with Crippen molar-refractivity contribution in [3.05, 3.63) is 75.5 Å². The first-order valence-corrected chi connectivity index (χ1v) is 11.7. The molecule has 1 aliphatic heterocycles. The van der Waals surface area contributed by atoms with E-state index < -0.39 is 0 Å². The molecule has 1 aliphatic carbocycles. The third kappa shape index (κ3) is 5.44. The number of aryl methyl sites for hydroxylation is 1. The van der Waals surface area contributed by atoms with Crippen LogP contribution in [0.3, 0.4) is 0 Å². The van der Waals surface area contributed by atoms with Gasteiger partial charge >= 0.3 is 0 Å². The second-order valence-corrected chi connectivity index (χ2v) is 9.41. The quantitative estimate of drug-likeness (QED) is 0.696. The topological polar surface area (TPSA) is 75.4 Å². The summed E-state index contributed by atoms with van der Waals surface area (Å²) >= 11 is 1.60. The van der Waals surface area contributed by atoms with Gasteiger partial charge in [0, 0.05) is 41.2 Å². The molecular weight excluding hydrogens is 406 g/mol. The summed E-state index contributed by atoms with van der Waals surface area (Å²) in [7, 11) is 0. The van der Waals surface area contributed by atoms with Crippen molar-refractivity contribution in [2.45, 2.75) is 44.6 Å². The lowest BCUT2D eigenvalue weighted by Gasteiger charge is -2.22. The molecular formula is C25H29N3O2S. The van der Waals surface area contributed by atoms with Gasteiger partial charge in [-0.3, -0.25) is 9.59 Å². The minimum absolute atomic E-state index is 0.00843. The van der Waals surface area contributed by atoms with E-state index in [1.54, 1.807) is 35.6 Å². The summed E-state index contributed by atoms with van der Waals surface area (Å²) in [5, 5.41) is 3.09. The van der Waals surface area contributed by atoms with Crippen LogP contribution >= 0.6 is 11.3 Å². The first kappa shape index (κ1) is 21.4. The monoisotopic (exact) mass is 435 g/mol. The number of benzene rings is 1. The fourth-order valence-corrected chi connectivity index (χ4v) is 4.90. The van der Waals surface area contributed by atoms with Gasteiger partial charge in [-0.15, -0.1) is 11.3 Å². The Kier molecular flexibility index (Phi) is 6.56. The molecule has 2 aliphatic rings. The van der Waals surface area contributed by atoms with E-state index in [9.17, 15) is 9.59 Å². The molecule has 1 unspecified atom stereocenters. The molecule has 1 fully saturated rings. The molecule has 1 aromatic carbocycles. The number of nitrogens with two attached hydrogens (primary N) is 1. The van der Waals surface area contributed by atoms with Gasteiger partial charge in [0.2, 0.25) is 0 Å². The highest BCUT2D eigenvalue weighted by Crippen LogP contribution is 2.32. The molecule has 0 bridgehead atoms. The van der Waals surface area contributed by atoms with Crippen LogP contribution in [0.4, 0.5) is 5.69 Å². The summed E-state index contributed by atoms with van der Waals surface area (Å²) in [4.78, 5) is 29.5. The van der Waals surface area contributed by atoms with E-state index in [1.807, 2.05) is 23.1 Å². The van der Waals surface area contributed by atoms with Gasteiger partial charge in [-0.1, -0.05) is 31.2 Å². The van der Waals surface area contributed by atoms with Crippen LogP contribution in [-0.4, -0.2) is 35.8 Å². The third-order valence-corrected chi connectivity index (χ3v) is 7.06. The molecule has 31 heavy (non-hydrogen) atoms. The van der Waals surface area contributed by atoms with Crippen molar-refractivity contribution in [3.8, 4) is 0 Å². The van der Waals surface area contributed by atoms with E-state index in [1.165, 1.54) is 10.4 Å². The Labute approximate surface area is 187 Å². The Balaban J connectivity index is 1.52. The molecule has 2 heterocycles. The number of hydrogen-bond acceptors (Lipinski definition) is 4. The molecule has 1 saturated carbocycles. The number of fused-ring (bicyclic) bond motifs is 1. The molecule has 6 heteroatoms. The summed E-state index contributed by atoms with van der Waals surface area (Å²) < 4.78 is 0. The maximum Gasteiger partial charge on any atom is 0.261 e. The number of nitrogen functional groups attached to an aromatic ring is 1. The van der Waals surface area contributed by atoms with Crippen LogP contribution in [0.2, 0.25) is 0 Å². The van der Waals surface area contributed by atoms with Gasteiger partial charge < -0.3 is 16.0 Å². The van der Waals surface area contributed by atoms with Crippen LogP contribution in [-0.2, 0) is 6.42 Å². The van der Waals surface area contributed by atoms with E-state index >= 15 is 0 Å². The van der Waals surface area contributed by atoms with Crippen LogP contribution in [0.5, 0.6) is 0 Å². The Morgan fingerprint density at radius 3 is 2.68 bits per heavy atom. The standard InChI is InChI=1S/C25H29N3O2S/c1-17-6-3-2-4-14-28(25(30)18-8-10-20(26)11-9-18)15-5-7-19-16-22(31-23(17)19)24(29)27-21-12-13-21/h2-4,6,8-11,16-17,21H,5,7,12-15,26H2,1H3,(H,27,29)/b4-2-,6-3-. The van der Waals surface area contributed by atoms with Gasteiger partial charge in [-0.2, -0.15) is 0 Å². The average molecular weight is 436 g/mol. The number of allylic oxidation sites excluding steroid dienone is 3. The van der Waals surface area contributed by atoms with Crippen LogP contribution in [0.15, 0.2) is 54.6 Å². The number of amides is 2. The zero-order valence-corrected chi connectivity index (χ0v) is 18.7. The van der Waals surface area contributed by atoms with Crippen molar-refractivity contribution in [2.75, 3.05) is 18.8 Å². The Bertz CT molecular complexity index is 1000. The molecule has 1 aromatic heterocycles. The third-order valence-electron chi connectivity index (χ3n) is 5.68. The molecule has 3 N–H and O–H groups in total. The van der Waals surface area contributed by atoms with Crippen molar-refractivity contribution >= 4 is 28.8 Å². The van der Waals surface area contributed by atoms with Gasteiger partial charge in [0.05, 0.1) is 4.88 Å². The van der Waals surface area contributed by atoms with E-state index in [0.717, 1.165) is 30.6 Å². The molecule has 2 aromatic rings. The highest BCUT2D eigenvalue weighted by molar-refractivity contribution is 7.14. The van der Waals surface area contributed by atoms with Gasteiger partial charge in [-0.05, 0) is 61.6 Å². The predicted molar refractivity (Wildman–Crippen MR) is 127 cm³/mol. The maximum atomic E-state index is 13.0. The molecule has 4 rings (SSSR count). The van der Waals surface area contributed by atoms with E-state index in [4.69, 9.17) is 5.73 Å². The molecule has 1 atom stereocenters. The van der Waals surface area contributed by atoms with E-state index in [-0.39, 0.29) is 17.7 Å². The Morgan fingerprint density at radius 2 is 1.94 bits per heavy atom. The predicted octanol–water partition coefficient (Wildman–Crippen LogP) is 4.53. The minimum atomic E-state index is 0.00843. The van der Waals surface area contributed by atoms with E-state index in [0.29, 0.717) is 30.4 Å². The number of nitrogens with zero attached hydrogens (tertiary/aromatic N) is 1. The number of anilines is 1. The number of hydrogen-bond donors (Lipinski definition) is 2. The Hall–Kier alpha value is -2.86. The number of nitrogens with one attached hydrogen (secondary N) is 1. The zero-order valence-electron chi connectivity index (χ0n) is 17.8. The zero-order chi connectivity index (χ0) is 21.8. The SMILES string of the molecule is CC1/C=C\C=C/CN(C(=O)c2ccc(N)cc2)CCCc2cc(C(=O)NC3CC3)sc21. The minimum Gasteiger partial charge on any atom is -0.399 e. The summed E-state index contributed by atoms with van der Waals surface area (Å²) in [6.45, 7) is 3.39. The number of rotatable bonds is 3. The number of carbonyl (C=O) groups is 2. The fourth-order valence-electron chi connectivity index (χ4n) is 3.75. The van der Waals surface area contributed by atoms with Gasteiger partial charge in [-0.25, -0.2) is 0 Å². The highest BCUT2D eigenvalue weighted by atomic mass is 32.1. The lowest BCUT2D eigenvalue weighted by Crippen LogP contribution is -2.32. The van der Waals surface area contributed by atoms with Crippen molar-refractivity contribution in [2.24, 2.45) is 0 Å². The molecule has 162 valence electrons. The van der Waals surface area contributed by atoms with Crippen molar-refractivity contribution in [1.82, 2.24) is 10.2 Å². The van der Waals surface area contributed by atoms with Gasteiger partial charge in [0.15, 0.2) is 0 Å². The summed E-state index contributed by atoms with van der Waals surface area (Å²) in [5.41, 5.74) is 8.27. The van der Waals surface area contributed by atoms with Crippen LogP contribution in [0, 0.1) is 0 Å². The Morgan fingerprint density at radius 1 is 1.16 bits per heavy atom. The van der Waals surface area contributed by atoms with Crippen LogP contribution in [0.25, 0.3) is 0 Å². The van der Waals surface area contributed by atoms with Gasteiger partial charge in [0.25, 0.3) is 11.8 Å². The van der Waals surface area contributed by atoms with Crippen LogP contribution in [0.1, 0.15) is 62.6 Å². The van der Waals surface area contributed by atoms with Crippen molar-refractivity contribution < 1.29 is 9.59 Å². The lowest BCUT2D eigenvalue weighted by atomic mass is 10.0. The summed E-state index contributed by atoms with van der Waals surface area (Å²) in [6.07, 6.45) is 12.1. The van der Waals surface area contributed by atoms with Crippen molar-refractivity contribution in [3.63, 3.8) is 0 Å². The average Bonchev–Trinajstić information content (AvgIpc) is 3.46. The van der Waals surface area contributed by atoms with E-state index in [2.05, 4.69) is 24.4 Å². The van der Waals surface area contributed by atoms with Crippen molar-refractivity contribution in [1.29, 1.82) is 0 Å². The second-order valence-electron chi connectivity index (χ2n) is 8.33. The molecule has 5 nitrogen and oxygen atoms in total. The first-order valence-electron chi connectivity index (χ1n) is 10.9. The summed E-state index contributed by atoms with van der Waals surface area (Å²) in [6, 6.07) is 9.48. The molecule has 0 saturated heterocycles. The number of carbonyl (C=O) groups excluding carboxylic acids is 2. The molecule has 0 spiro atoms. The first-order chi connectivity index (χ1) is 15.0. The molecule has 0 radical (unpaired) electrons. The summed E-state index contributed by atoms with van der Waals surface area (Å²) in [5.74, 6) is 0.300. The van der Waals surface area contributed by atoms with Gasteiger partial charge in [0.1, 0.15) is 0 Å².